The van der Waals surface area contributed by atoms with Crippen LogP contribution in [-0.2, 0) is 6.42 Å². The number of unbranched alkanes of at least 4 members (excludes halogenated alkanes) is 2. The maximum atomic E-state index is 12.7. The number of rotatable bonds is 6. The summed E-state index contributed by atoms with van der Waals surface area (Å²) in [6, 6.07) is 2.05. The van der Waals surface area contributed by atoms with Crippen LogP contribution in [0.15, 0.2) is 6.07 Å². The molecule has 3 rings (SSSR count). The molecule has 25 heavy (non-hydrogen) atoms. The Kier molecular flexibility index (Phi) is 5.44. The summed E-state index contributed by atoms with van der Waals surface area (Å²) in [7, 11) is 0. The number of nitrogens with one attached hydrogen (secondary N) is 1. The molecule has 0 aromatic carbocycles. The van der Waals surface area contributed by atoms with Gasteiger partial charge in [0.05, 0.1) is 4.88 Å². The molecule has 3 heterocycles. The van der Waals surface area contributed by atoms with Gasteiger partial charge < -0.3 is 0 Å². The van der Waals surface area contributed by atoms with Gasteiger partial charge in [0.15, 0.2) is 0 Å². The molecule has 5 nitrogen and oxygen atoms in total. The van der Waals surface area contributed by atoms with Crippen LogP contribution >= 0.6 is 22.7 Å². The van der Waals surface area contributed by atoms with E-state index in [0.29, 0.717) is 10.0 Å². The Balaban J connectivity index is 1.79. The minimum absolute atomic E-state index is 0.131. The lowest BCUT2D eigenvalue weighted by Gasteiger charge is -2.01. The Morgan fingerprint density at radius 1 is 1.16 bits per heavy atom. The van der Waals surface area contributed by atoms with Crippen LogP contribution in [0.2, 0.25) is 0 Å². The molecule has 0 aliphatic rings. The van der Waals surface area contributed by atoms with Gasteiger partial charge in [-0.3, -0.25) is 10.1 Å². The first-order valence-corrected chi connectivity index (χ1v) is 10.1. The third-order valence-corrected chi connectivity index (χ3v) is 6.20. The molecule has 0 spiro atoms. The van der Waals surface area contributed by atoms with Gasteiger partial charge in [-0.2, -0.15) is 0 Å². The Morgan fingerprint density at radius 3 is 2.72 bits per heavy atom. The summed E-state index contributed by atoms with van der Waals surface area (Å²) in [5, 5.41) is 13.8. The number of aromatic nitrogens is 3. The van der Waals surface area contributed by atoms with Crippen LogP contribution in [-0.4, -0.2) is 21.1 Å². The van der Waals surface area contributed by atoms with Crippen molar-refractivity contribution < 1.29 is 4.79 Å². The minimum Gasteiger partial charge on any atom is -0.296 e. The summed E-state index contributed by atoms with van der Waals surface area (Å²) in [6.07, 6.45) is 4.40. The predicted molar refractivity (Wildman–Crippen MR) is 105 cm³/mol. The van der Waals surface area contributed by atoms with Crippen molar-refractivity contribution in [3.63, 3.8) is 0 Å². The first kappa shape index (κ1) is 17.9. The molecule has 0 aliphatic heterocycles. The van der Waals surface area contributed by atoms with Crippen LogP contribution in [0.1, 0.15) is 57.7 Å². The molecule has 0 saturated heterocycles. The van der Waals surface area contributed by atoms with Crippen LogP contribution in [0.25, 0.3) is 10.2 Å². The Hall–Kier alpha value is -1.86. The number of carbonyl (C=O) groups excluding carboxylic acids is 1. The van der Waals surface area contributed by atoms with E-state index < -0.39 is 0 Å². The molecular weight excluding hydrogens is 352 g/mol. The van der Waals surface area contributed by atoms with Gasteiger partial charge in [-0.05, 0) is 44.4 Å². The Morgan fingerprint density at radius 2 is 1.96 bits per heavy atom. The number of hydrogen-bond acceptors (Lipinski definition) is 6. The second-order valence-corrected chi connectivity index (χ2v) is 8.29. The van der Waals surface area contributed by atoms with Gasteiger partial charge in [0.1, 0.15) is 9.84 Å². The summed E-state index contributed by atoms with van der Waals surface area (Å²) in [5.41, 5.74) is 3.11. The second kappa shape index (κ2) is 7.58. The molecule has 0 fully saturated rings. The second-order valence-electron chi connectivity index (χ2n) is 6.23. The van der Waals surface area contributed by atoms with Crippen molar-refractivity contribution in [2.24, 2.45) is 0 Å². The highest BCUT2D eigenvalue weighted by Crippen LogP contribution is 2.33. The lowest BCUT2D eigenvalue weighted by molar-refractivity contribution is 0.103. The summed E-state index contributed by atoms with van der Waals surface area (Å²) < 4.78 is 0. The van der Waals surface area contributed by atoms with Crippen molar-refractivity contribution in [1.82, 2.24) is 15.2 Å². The van der Waals surface area contributed by atoms with Crippen molar-refractivity contribution >= 4 is 43.9 Å². The number of fused-ring (bicyclic) bond motifs is 1. The summed E-state index contributed by atoms with van der Waals surface area (Å²) in [4.78, 5) is 18.9. The maximum Gasteiger partial charge on any atom is 0.267 e. The van der Waals surface area contributed by atoms with Crippen molar-refractivity contribution in [3.05, 3.63) is 32.8 Å². The highest BCUT2D eigenvalue weighted by Gasteiger charge is 2.19. The first-order valence-electron chi connectivity index (χ1n) is 8.50. The predicted octanol–water partition coefficient (Wildman–Crippen LogP) is 5.06. The molecule has 1 N–H and O–H groups in total. The summed E-state index contributed by atoms with van der Waals surface area (Å²) in [5.74, 6) is -0.131. The quantitative estimate of drug-likeness (QED) is 0.613. The van der Waals surface area contributed by atoms with Crippen LogP contribution in [0.3, 0.4) is 0 Å². The minimum atomic E-state index is -0.131. The molecule has 0 unspecified atom stereocenters. The van der Waals surface area contributed by atoms with E-state index in [0.717, 1.165) is 44.9 Å². The fourth-order valence-electron chi connectivity index (χ4n) is 2.92. The topological polar surface area (TPSA) is 67.8 Å². The molecule has 3 aromatic heterocycles. The lowest BCUT2D eigenvalue weighted by atomic mass is 10.1. The average molecular weight is 375 g/mol. The van der Waals surface area contributed by atoms with E-state index in [1.807, 2.05) is 13.8 Å². The van der Waals surface area contributed by atoms with Gasteiger partial charge in [0.25, 0.3) is 5.91 Å². The number of amides is 1. The number of carbonyl (C=O) groups is 1. The van der Waals surface area contributed by atoms with Crippen LogP contribution < -0.4 is 5.32 Å². The lowest BCUT2D eigenvalue weighted by Crippen LogP contribution is -2.11. The van der Waals surface area contributed by atoms with E-state index in [9.17, 15) is 4.79 Å². The summed E-state index contributed by atoms with van der Waals surface area (Å²) >= 11 is 2.90. The monoisotopic (exact) mass is 374 g/mol. The van der Waals surface area contributed by atoms with Gasteiger partial charge >= 0.3 is 0 Å². The third kappa shape index (κ3) is 3.88. The van der Waals surface area contributed by atoms with E-state index in [1.54, 1.807) is 0 Å². The van der Waals surface area contributed by atoms with Crippen molar-refractivity contribution in [3.8, 4) is 0 Å². The molecule has 132 valence electrons. The van der Waals surface area contributed by atoms with E-state index >= 15 is 0 Å². The molecule has 0 atom stereocenters. The van der Waals surface area contributed by atoms with Gasteiger partial charge in [-0.15, -0.1) is 21.5 Å². The number of pyridine rings is 1. The molecule has 7 heteroatoms. The van der Waals surface area contributed by atoms with Crippen LogP contribution in [0.4, 0.5) is 5.13 Å². The van der Waals surface area contributed by atoms with E-state index in [1.165, 1.54) is 35.5 Å². The molecule has 0 bridgehead atoms. The first-order chi connectivity index (χ1) is 12.0. The SMILES string of the molecule is CCCCCc1nnc(NC(=O)c2sc3nc(C)cc(C)c3c2C)s1. The highest BCUT2D eigenvalue weighted by atomic mass is 32.1. The number of aryl methyl sites for hydroxylation is 4. The fraction of sp³-hybridized carbons (Fsp3) is 0.444. The standard InChI is InChI=1S/C18H22N4OS2/c1-5-6-7-8-13-21-22-18(24-13)20-16(23)15-12(4)14-10(2)9-11(3)19-17(14)25-15/h9H,5-8H2,1-4H3,(H,20,22,23). The van der Waals surface area contributed by atoms with Crippen molar-refractivity contribution in [2.45, 2.75) is 53.4 Å². The molecular formula is C18H22N4OS2. The zero-order chi connectivity index (χ0) is 18.0. The normalized spacial score (nSPS) is 11.2. The summed E-state index contributed by atoms with van der Waals surface area (Å²) in [6.45, 7) is 8.19. The van der Waals surface area contributed by atoms with Gasteiger partial charge in [-0.1, -0.05) is 31.1 Å². The largest absolute Gasteiger partial charge is 0.296 e. The smallest absolute Gasteiger partial charge is 0.267 e. The van der Waals surface area contributed by atoms with Crippen LogP contribution in [0.5, 0.6) is 0 Å². The molecule has 0 saturated carbocycles. The van der Waals surface area contributed by atoms with Crippen LogP contribution in [0, 0.1) is 20.8 Å². The molecule has 3 aromatic rings. The highest BCUT2D eigenvalue weighted by molar-refractivity contribution is 7.21. The zero-order valence-electron chi connectivity index (χ0n) is 15.0. The van der Waals surface area contributed by atoms with Crippen molar-refractivity contribution in [1.29, 1.82) is 0 Å². The van der Waals surface area contributed by atoms with Gasteiger partial charge in [-0.25, -0.2) is 4.98 Å². The maximum absolute atomic E-state index is 12.7. The number of anilines is 1. The van der Waals surface area contributed by atoms with Crippen molar-refractivity contribution in [2.75, 3.05) is 5.32 Å². The molecule has 0 aliphatic carbocycles. The average Bonchev–Trinajstić information content (AvgIpc) is 3.12. The number of nitrogens with zero attached hydrogens (tertiary/aromatic N) is 3. The third-order valence-electron chi connectivity index (χ3n) is 4.11. The number of hydrogen-bond donors (Lipinski definition) is 1. The van der Waals surface area contributed by atoms with Gasteiger partial charge in [0, 0.05) is 17.5 Å². The Bertz CT molecular complexity index is 913. The number of thiophene rings is 1. The van der Waals surface area contributed by atoms with E-state index in [2.05, 4.69) is 40.4 Å². The zero-order valence-corrected chi connectivity index (χ0v) is 16.6. The van der Waals surface area contributed by atoms with E-state index in [4.69, 9.17) is 0 Å². The molecule has 0 radical (unpaired) electrons. The Labute approximate surface area is 155 Å². The fourth-order valence-corrected chi connectivity index (χ4v) is 4.90. The molecule has 1 amide bonds. The van der Waals surface area contributed by atoms with Gasteiger partial charge in [0.2, 0.25) is 5.13 Å². The van der Waals surface area contributed by atoms with E-state index in [-0.39, 0.29) is 5.91 Å².